The summed E-state index contributed by atoms with van der Waals surface area (Å²) in [5, 5.41) is 3.51. The number of halogens is 3. The molecule has 3 aromatic rings. The summed E-state index contributed by atoms with van der Waals surface area (Å²) in [4.78, 5) is 9.18. The first-order chi connectivity index (χ1) is 18.1. The number of fused-ring (bicyclic) bond motifs is 1. The lowest BCUT2D eigenvalue weighted by Crippen LogP contribution is -2.34. The van der Waals surface area contributed by atoms with E-state index < -0.39 is 11.7 Å². The first-order valence-electron chi connectivity index (χ1n) is 13.6. The zero-order valence-electron chi connectivity index (χ0n) is 22.5. The lowest BCUT2D eigenvalue weighted by atomic mass is 9.87. The Morgan fingerprint density at radius 1 is 0.895 bits per heavy atom. The fourth-order valence-corrected chi connectivity index (χ4v) is 5.61. The SMILES string of the molecule is CC(C)(C)c1ccc(Nc2ncc(CCN3CCCC3)c3c2CCN(c2ccccc2C(F)(F)F)C3)cc1. The number of hydrogen-bond donors (Lipinski definition) is 1. The van der Waals surface area contributed by atoms with Crippen molar-refractivity contribution in [2.75, 3.05) is 36.4 Å². The summed E-state index contributed by atoms with van der Waals surface area (Å²) in [6.07, 6.45) is 1.49. The molecule has 0 amide bonds. The summed E-state index contributed by atoms with van der Waals surface area (Å²) in [5.41, 5.74) is 5.32. The van der Waals surface area contributed by atoms with Gasteiger partial charge in [-0.3, -0.25) is 0 Å². The molecule has 0 atom stereocenters. The molecule has 38 heavy (non-hydrogen) atoms. The second kappa shape index (κ2) is 10.6. The van der Waals surface area contributed by atoms with Gasteiger partial charge in [-0.25, -0.2) is 4.98 Å². The molecule has 5 rings (SSSR count). The molecule has 1 aromatic heterocycles. The number of hydrogen-bond acceptors (Lipinski definition) is 4. The molecule has 0 saturated carbocycles. The summed E-state index contributed by atoms with van der Waals surface area (Å²) < 4.78 is 41.5. The Hall–Kier alpha value is -3.06. The van der Waals surface area contributed by atoms with Crippen molar-refractivity contribution in [3.8, 4) is 0 Å². The van der Waals surface area contributed by atoms with Gasteiger partial charge in [0.15, 0.2) is 0 Å². The van der Waals surface area contributed by atoms with E-state index in [1.807, 2.05) is 11.1 Å². The van der Waals surface area contributed by atoms with E-state index in [4.69, 9.17) is 4.98 Å². The Morgan fingerprint density at radius 2 is 1.61 bits per heavy atom. The van der Waals surface area contributed by atoms with Gasteiger partial charge in [0.1, 0.15) is 5.82 Å². The summed E-state index contributed by atoms with van der Waals surface area (Å²) in [6.45, 7) is 10.7. The van der Waals surface area contributed by atoms with E-state index in [1.54, 1.807) is 12.1 Å². The fourth-order valence-electron chi connectivity index (χ4n) is 5.61. The molecule has 1 N–H and O–H groups in total. The Bertz CT molecular complexity index is 1260. The van der Waals surface area contributed by atoms with Gasteiger partial charge in [-0.15, -0.1) is 0 Å². The summed E-state index contributed by atoms with van der Waals surface area (Å²) in [7, 11) is 0. The third kappa shape index (κ3) is 5.83. The standard InChI is InChI=1S/C31H37F3N4/c1-30(2,3)23-10-12-24(13-11-23)36-29-25-15-19-38(28-9-5-4-8-27(28)31(32,33)34)21-26(25)22(20-35-29)14-18-37-16-6-7-17-37/h4-5,8-13,20H,6-7,14-19,21H2,1-3H3,(H,35,36). The van der Waals surface area contributed by atoms with Crippen molar-refractivity contribution in [1.82, 2.24) is 9.88 Å². The molecule has 0 aliphatic carbocycles. The van der Waals surface area contributed by atoms with E-state index in [0.717, 1.165) is 54.3 Å². The van der Waals surface area contributed by atoms with Gasteiger partial charge in [0.2, 0.25) is 0 Å². The molecule has 1 saturated heterocycles. The molecule has 7 heteroatoms. The third-order valence-electron chi connectivity index (χ3n) is 7.83. The highest BCUT2D eigenvalue weighted by molar-refractivity contribution is 5.65. The van der Waals surface area contributed by atoms with Crippen LogP contribution < -0.4 is 10.2 Å². The number of rotatable bonds is 6. The smallest absolute Gasteiger partial charge is 0.366 e. The minimum absolute atomic E-state index is 0.0725. The van der Waals surface area contributed by atoms with Crippen LogP contribution in [0.25, 0.3) is 0 Å². The molecule has 0 radical (unpaired) electrons. The van der Waals surface area contributed by atoms with Gasteiger partial charge in [-0.05, 0) is 85.1 Å². The number of pyridine rings is 1. The van der Waals surface area contributed by atoms with Crippen LogP contribution in [0.1, 0.15) is 61.4 Å². The zero-order valence-corrected chi connectivity index (χ0v) is 22.5. The monoisotopic (exact) mass is 522 g/mol. The van der Waals surface area contributed by atoms with Crippen molar-refractivity contribution in [3.63, 3.8) is 0 Å². The normalized spacial score (nSPS) is 16.5. The van der Waals surface area contributed by atoms with Crippen LogP contribution >= 0.6 is 0 Å². The van der Waals surface area contributed by atoms with Crippen LogP contribution in [0.15, 0.2) is 54.7 Å². The van der Waals surface area contributed by atoms with Crippen molar-refractivity contribution in [1.29, 1.82) is 0 Å². The van der Waals surface area contributed by atoms with E-state index in [-0.39, 0.29) is 11.1 Å². The predicted octanol–water partition coefficient (Wildman–Crippen LogP) is 7.34. The Labute approximate surface area is 223 Å². The van der Waals surface area contributed by atoms with Crippen molar-refractivity contribution < 1.29 is 13.2 Å². The number of likely N-dealkylation sites (tertiary alicyclic amines) is 1. The van der Waals surface area contributed by atoms with Crippen molar-refractivity contribution in [2.45, 2.75) is 64.6 Å². The number of para-hydroxylation sites is 1. The first kappa shape index (κ1) is 26.5. The van der Waals surface area contributed by atoms with Crippen LogP contribution in [0.3, 0.4) is 0 Å². The van der Waals surface area contributed by atoms with Crippen LogP contribution in [0.5, 0.6) is 0 Å². The van der Waals surface area contributed by atoms with E-state index in [9.17, 15) is 13.2 Å². The van der Waals surface area contributed by atoms with Crippen LogP contribution in [0.2, 0.25) is 0 Å². The highest BCUT2D eigenvalue weighted by Crippen LogP contribution is 2.39. The third-order valence-corrected chi connectivity index (χ3v) is 7.83. The Kier molecular flexibility index (Phi) is 7.40. The molecule has 2 aliphatic rings. The van der Waals surface area contributed by atoms with Gasteiger partial charge in [0.05, 0.1) is 5.56 Å². The van der Waals surface area contributed by atoms with E-state index >= 15 is 0 Å². The van der Waals surface area contributed by atoms with Crippen molar-refractivity contribution >= 4 is 17.2 Å². The fraction of sp³-hybridized carbons (Fsp3) is 0.452. The Morgan fingerprint density at radius 3 is 2.29 bits per heavy atom. The average Bonchev–Trinajstić information content (AvgIpc) is 3.41. The number of anilines is 3. The van der Waals surface area contributed by atoms with Gasteiger partial charge in [0, 0.05) is 42.8 Å². The van der Waals surface area contributed by atoms with E-state index in [1.165, 1.54) is 30.5 Å². The molecular formula is C31H37F3N4. The first-order valence-corrected chi connectivity index (χ1v) is 13.6. The topological polar surface area (TPSA) is 31.4 Å². The number of benzene rings is 2. The van der Waals surface area contributed by atoms with Gasteiger partial charge in [-0.1, -0.05) is 45.0 Å². The molecule has 0 unspecified atom stereocenters. The second-order valence-electron chi connectivity index (χ2n) is 11.5. The maximum absolute atomic E-state index is 13.8. The number of aromatic nitrogens is 1. The van der Waals surface area contributed by atoms with Crippen LogP contribution in [-0.4, -0.2) is 36.1 Å². The van der Waals surface area contributed by atoms with Crippen molar-refractivity contribution in [3.05, 3.63) is 82.5 Å². The largest absolute Gasteiger partial charge is 0.418 e. The number of alkyl halides is 3. The maximum atomic E-state index is 13.8. The molecule has 0 spiro atoms. The molecule has 0 bridgehead atoms. The minimum Gasteiger partial charge on any atom is -0.366 e. The van der Waals surface area contributed by atoms with Crippen LogP contribution in [-0.2, 0) is 31.0 Å². The lowest BCUT2D eigenvalue weighted by Gasteiger charge is -2.34. The summed E-state index contributed by atoms with van der Waals surface area (Å²) in [5.74, 6) is 0.803. The van der Waals surface area contributed by atoms with Gasteiger partial charge in [-0.2, -0.15) is 13.2 Å². The molecule has 202 valence electrons. The maximum Gasteiger partial charge on any atom is 0.418 e. The molecule has 1 fully saturated rings. The zero-order chi connectivity index (χ0) is 26.9. The second-order valence-corrected chi connectivity index (χ2v) is 11.5. The average molecular weight is 523 g/mol. The Balaban J connectivity index is 1.46. The van der Waals surface area contributed by atoms with Crippen LogP contribution in [0.4, 0.5) is 30.4 Å². The quantitative estimate of drug-likeness (QED) is 0.367. The van der Waals surface area contributed by atoms with E-state index in [0.29, 0.717) is 19.5 Å². The van der Waals surface area contributed by atoms with Gasteiger partial charge >= 0.3 is 6.18 Å². The van der Waals surface area contributed by atoms with Crippen molar-refractivity contribution in [2.24, 2.45) is 0 Å². The minimum atomic E-state index is -4.39. The molecule has 2 aromatic carbocycles. The highest BCUT2D eigenvalue weighted by atomic mass is 19.4. The predicted molar refractivity (Wildman–Crippen MR) is 148 cm³/mol. The number of nitrogens with one attached hydrogen (secondary N) is 1. The lowest BCUT2D eigenvalue weighted by molar-refractivity contribution is -0.137. The summed E-state index contributed by atoms with van der Waals surface area (Å²) in [6, 6.07) is 14.3. The van der Waals surface area contributed by atoms with Crippen LogP contribution in [0, 0.1) is 0 Å². The number of nitrogens with zero attached hydrogens (tertiary/aromatic N) is 3. The molecule has 4 nitrogen and oxygen atoms in total. The molecular weight excluding hydrogens is 485 g/mol. The molecule has 3 heterocycles. The summed E-state index contributed by atoms with van der Waals surface area (Å²) >= 11 is 0. The van der Waals surface area contributed by atoms with E-state index in [2.05, 4.69) is 55.3 Å². The van der Waals surface area contributed by atoms with Gasteiger partial charge < -0.3 is 15.1 Å². The van der Waals surface area contributed by atoms with Gasteiger partial charge in [0.25, 0.3) is 0 Å². The highest BCUT2D eigenvalue weighted by Gasteiger charge is 2.35. The molecule has 2 aliphatic heterocycles.